The minimum atomic E-state index is -0.0960. The fourth-order valence-corrected chi connectivity index (χ4v) is 2.08. The lowest BCUT2D eigenvalue weighted by atomic mass is 10.2. The summed E-state index contributed by atoms with van der Waals surface area (Å²) >= 11 is 1.11. The second-order valence-corrected chi connectivity index (χ2v) is 4.13. The van der Waals surface area contributed by atoms with E-state index in [1.807, 2.05) is 6.92 Å². The molecule has 0 atom stereocenters. The van der Waals surface area contributed by atoms with Gasteiger partial charge in [-0.3, -0.25) is 9.69 Å². The molecule has 0 spiro atoms. The van der Waals surface area contributed by atoms with Gasteiger partial charge in [-0.2, -0.15) is 4.98 Å². The zero-order valence-electron chi connectivity index (χ0n) is 9.27. The second kappa shape index (κ2) is 3.71. The molecule has 16 heavy (non-hydrogen) atoms. The summed E-state index contributed by atoms with van der Waals surface area (Å²) in [6.07, 6.45) is 0. The topological polar surface area (TPSA) is 55.3 Å². The Hall–Kier alpha value is -1.69. The summed E-state index contributed by atoms with van der Waals surface area (Å²) in [4.78, 5) is 17.5. The van der Waals surface area contributed by atoms with Gasteiger partial charge >= 0.3 is 6.01 Å². The zero-order valence-corrected chi connectivity index (χ0v) is 10.1. The number of carbonyl (C=O) groups excluding carboxylic acids is 1. The molecule has 0 unspecified atom stereocenters. The SMILES string of the molecule is C=C1C(C)=C(C)C(=O)N1c1nc(OC)ns1. The van der Waals surface area contributed by atoms with Crippen LogP contribution in [-0.2, 0) is 4.79 Å². The largest absolute Gasteiger partial charge is 0.466 e. The molecule has 1 amide bonds. The fraction of sp³-hybridized carbons (Fsp3) is 0.300. The third-order valence-electron chi connectivity index (χ3n) is 2.56. The molecule has 1 aromatic heterocycles. The molecule has 84 valence electrons. The van der Waals surface area contributed by atoms with Gasteiger partial charge in [0.05, 0.1) is 7.11 Å². The molecule has 0 saturated carbocycles. The number of hydrogen-bond donors (Lipinski definition) is 0. The number of aromatic nitrogens is 2. The number of rotatable bonds is 2. The molecular formula is C10H11N3O2S. The van der Waals surface area contributed by atoms with Crippen LogP contribution in [-0.4, -0.2) is 22.4 Å². The Kier molecular flexibility index (Phi) is 2.51. The van der Waals surface area contributed by atoms with Gasteiger partial charge in [0.25, 0.3) is 5.91 Å². The summed E-state index contributed by atoms with van der Waals surface area (Å²) in [5.41, 5.74) is 2.24. The van der Waals surface area contributed by atoms with Crippen molar-refractivity contribution in [2.75, 3.05) is 12.0 Å². The van der Waals surface area contributed by atoms with E-state index in [4.69, 9.17) is 4.74 Å². The van der Waals surface area contributed by atoms with Crippen molar-refractivity contribution in [2.24, 2.45) is 0 Å². The lowest BCUT2D eigenvalue weighted by Gasteiger charge is -2.13. The maximum atomic E-state index is 11.9. The molecule has 0 N–H and O–H groups in total. The van der Waals surface area contributed by atoms with Crippen LogP contribution in [0.1, 0.15) is 13.8 Å². The van der Waals surface area contributed by atoms with Crippen molar-refractivity contribution >= 4 is 22.6 Å². The van der Waals surface area contributed by atoms with Crippen LogP contribution in [0.3, 0.4) is 0 Å². The number of ether oxygens (including phenoxy) is 1. The summed E-state index contributed by atoms with van der Waals surface area (Å²) in [6, 6.07) is 0.266. The Morgan fingerprint density at radius 3 is 2.50 bits per heavy atom. The van der Waals surface area contributed by atoms with E-state index in [-0.39, 0.29) is 11.9 Å². The quantitative estimate of drug-likeness (QED) is 0.786. The molecule has 5 nitrogen and oxygen atoms in total. The fourth-order valence-electron chi connectivity index (χ4n) is 1.41. The van der Waals surface area contributed by atoms with Crippen molar-refractivity contribution in [3.8, 4) is 6.01 Å². The molecule has 0 fully saturated rings. The monoisotopic (exact) mass is 237 g/mol. The van der Waals surface area contributed by atoms with Crippen molar-refractivity contribution in [3.05, 3.63) is 23.4 Å². The van der Waals surface area contributed by atoms with Gasteiger partial charge in [-0.05, 0) is 19.4 Å². The molecule has 0 radical (unpaired) electrons. The van der Waals surface area contributed by atoms with Gasteiger partial charge < -0.3 is 4.74 Å². The standard InChI is InChI=1S/C10H11N3O2S/c1-5-6(2)8(14)13(7(5)3)10-11-9(15-4)12-16-10/h3H2,1-2,4H3. The Morgan fingerprint density at radius 1 is 1.38 bits per heavy atom. The summed E-state index contributed by atoms with van der Waals surface area (Å²) < 4.78 is 8.84. The van der Waals surface area contributed by atoms with Gasteiger partial charge in [0, 0.05) is 22.8 Å². The highest BCUT2D eigenvalue weighted by molar-refractivity contribution is 7.10. The number of hydrogen-bond acceptors (Lipinski definition) is 5. The minimum absolute atomic E-state index is 0.0960. The molecule has 1 aromatic rings. The normalized spacial score (nSPS) is 16.3. The van der Waals surface area contributed by atoms with Gasteiger partial charge in [0.2, 0.25) is 5.13 Å². The minimum Gasteiger partial charge on any atom is -0.466 e. The summed E-state index contributed by atoms with van der Waals surface area (Å²) in [5, 5.41) is 0.489. The van der Waals surface area contributed by atoms with Crippen LogP contribution in [0.15, 0.2) is 23.4 Å². The van der Waals surface area contributed by atoms with E-state index in [1.54, 1.807) is 6.92 Å². The number of amides is 1. The first-order chi connectivity index (χ1) is 7.56. The van der Waals surface area contributed by atoms with Crippen molar-refractivity contribution in [1.82, 2.24) is 9.36 Å². The van der Waals surface area contributed by atoms with E-state index in [2.05, 4.69) is 15.9 Å². The molecular weight excluding hydrogens is 226 g/mol. The Labute approximate surface area is 97.2 Å². The molecule has 1 aliphatic rings. The summed E-state index contributed by atoms with van der Waals surface area (Å²) in [5.74, 6) is -0.0960. The highest BCUT2D eigenvalue weighted by Gasteiger charge is 2.32. The highest BCUT2D eigenvalue weighted by atomic mass is 32.1. The van der Waals surface area contributed by atoms with Gasteiger partial charge in [0.15, 0.2) is 0 Å². The first kappa shape index (κ1) is 10.8. The molecule has 6 heteroatoms. The molecule has 2 rings (SSSR count). The van der Waals surface area contributed by atoms with E-state index in [0.717, 1.165) is 17.1 Å². The van der Waals surface area contributed by atoms with E-state index in [0.29, 0.717) is 16.4 Å². The smallest absolute Gasteiger partial charge is 0.329 e. The first-order valence-corrected chi connectivity index (χ1v) is 5.42. The molecule has 0 saturated heterocycles. The van der Waals surface area contributed by atoms with E-state index >= 15 is 0 Å². The number of methoxy groups -OCH3 is 1. The maximum Gasteiger partial charge on any atom is 0.329 e. The van der Waals surface area contributed by atoms with Crippen molar-refractivity contribution in [3.63, 3.8) is 0 Å². The third kappa shape index (κ3) is 1.42. The zero-order chi connectivity index (χ0) is 11.9. The van der Waals surface area contributed by atoms with Crippen LogP contribution >= 0.6 is 11.5 Å². The Balaban J connectivity index is 2.38. The lowest BCUT2D eigenvalue weighted by molar-refractivity contribution is -0.114. The lowest BCUT2D eigenvalue weighted by Crippen LogP contribution is -2.24. The molecule has 2 heterocycles. The van der Waals surface area contributed by atoms with Crippen molar-refractivity contribution < 1.29 is 9.53 Å². The van der Waals surface area contributed by atoms with E-state index in [9.17, 15) is 4.79 Å². The van der Waals surface area contributed by atoms with E-state index in [1.165, 1.54) is 12.0 Å². The number of anilines is 1. The van der Waals surface area contributed by atoms with Crippen LogP contribution in [0.5, 0.6) is 6.01 Å². The van der Waals surface area contributed by atoms with Crippen LogP contribution in [0.2, 0.25) is 0 Å². The van der Waals surface area contributed by atoms with Crippen LogP contribution < -0.4 is 9.64 Å². The van der Waals surface area contributed by atoms with Crippen molar-refractivity contribution in [1.29, 1.82) is 0 Å². The number of carbonyl (C=O) groups is 1. The van der Waals surface area contributed by atoms with Crippen LogP contribution in [0.4, 0.5) is 5.13 Å². The van der Waals surface area contributed by atoms with Crippen LogP contribution in [0.25, 0.3) is 0 Å². The number of nitrogens with zero attached hydrogens (tertiary/aromatic N) is 3. The molecule has 0 bridgehead atoms. The second-order valence-electron chi connectivity index (χ2n) is 3.40. The first-order valence-electron chi connectivity index (χ1n) is 4.65. The molecule has 0 aliphatic carbocycles. The van der Waals surface area contributed by atoms with Gasteiger partial charge in [-0.15, -0.1) is 4.37 Å². The summed E-state index contributed by atoms with van der Waals surface area (Å²) in [6.45, 7) is 7.52. The third-order valence-corrected chi connectivity index (χ3v) is 3.24. The van der Waals surface area contributed by atoms with Gasteiger partial charge in [-0.25, -0.2) is 0 Å². The van der Waals surface area contributed by atoms with Gasteiger partial charge in [-0.1, -0.05) is 6.58 Å². The Bertz CT molecular complexity index is 480. The summed E-state index contributed by atoms with van der Waals surface area (Å²) in [7, 11) is 1.49. The average molecular weight is 237 g/mol. The predicted molar refractivity (Wildman–Crippen MR) is 61.5 cm³/mol. The highest BCUT2D eigenvalue weighted by Crippen LogP contribution is 2.34. The van der Waals surface area contributed by atoms with Crippen LogP contribution in [0, 0.1) is 0 Å². The maximum absolute atomic E-state index is 11.9. The van der Waals surface area contributed by atoms with E-state index < -0.39 is 0 Å². The average Bonchev–Trinajstić information content (AvgIpc) is 2.81. The Morgan fingerprint density at radius 2 is 2.06 bits per heavy atom. The molecule has 1 aliphatic heterocycles. The predicted octanol–water partition coefficient (Wildman–Crippen LogP) is 1.74. The number of allylic oxidation sites excluding steroid dienone is 1. The van der Waals surface area contributed by atoms with Gasteiger partial charge in [0.1, 0.15) is 0 Å². The molecule has 0 aromatic carbocycles. The van der Waals surface area contributed by atoms with Crippen molar-refractivity contribution in [2.45, 2.75) is 13.8 Å².